The smallest absolute Gasteiger partial charge is 0.285 e. The van der Waals surface area contributed by atoms with E-state index < -0.39 is 10.8 Å². The van der Waals surface area contributed by atoms with Gasteiger partial charge in [0.25, 0.3) is 17.5 Å². The number of pyridine rings is 1. The van der Waals surface area contributed by atoms with E-state index in [2.05, 4.69) is 15.6 Å². The summed E-state index contributed by atoms with van der Waals surface area (Å²) in [5.41, 5.74) is 1.52. The monoisotopic (exact) mass is 376 g/mol. The van der Waals surface area contributed by atoms with Crippen molar-refractivity contribution in [1.29, 1.82) is 0 Å². The second-order valence-electron chi connectivity index (χ2n) is 5.96. The molecule has 0 aliphatic rings. The zero-order chi connectivity index (χ0) is 20.1. The largest absolute Gasteiger partial charge is 0.322 e. The predicted octanol–water partition coefficient (Wildman–Crippen LogP) is 3.80. The van der Waals surface area contributed by atoms with Crippen molar-refractivity contribution in [2.45, 2.75) is 6.92 Å². The van der Waals surface area contributed by atoms with Crippen LogP contribution in [-0.2, 0) is 0 Å². The number of aryl methyl sites for hydroxylation is 1. The maximum absolute atomic E-state index is 12.4. The van der Waals surface area contributed by atoms with Gasteiger partial charge in [-0.15, -0.1) is 0 Å². The van der Waals surface area contributed by atoms with E-state index in [0.717, 1.165) is 0 Å². The molecule has 0 spiro atoms. The maximum Gasteiger partial charge on any atom is 0.285 e. The van der Waals surface area contributed by atoms with Gasteiger partial charge in [0.1, 0.15) is 5.56 Å². The van der Waals surface area contributed by atoms with Crippen molar-refractivity contribution in [3.63, 3.8) is 0 Å². The second-order valence-corrected chi connectivity index (χ2v) is 5.96. The SMILES string of the molecule is Cc1cccc(C(=O)Nc2ccc(C(=O)Nc3cccnc3)cc2)c1[N+](=O)[O-]. The molecule has 0 bridgehead atoms. The Kier molecular flexibility index (Phi) is 5.40. The van der Waals surface area contributed by atoms with E-state index in [1.165, 1.54) is 12.3 Å². The van der Waals surface area contributed by atoms with Crippen molar-refractivity contribution in [3.05, 3.63) is 93.8 Å². The van der Waals surface area contributed by atoms with Crippen molar-refractivity contribution < 1.29 is 14.5 Å². The molecule has 8 nitrogen and oxygen atoms in total. The molecule has 3 rings (SSSR count). The number of hydrogen-bond donors (Lipinski definition) is 2. The second kappa shape index (κ2) is 8.09. The van der Waals surface area contributed by atoms with Crippen LogP contribution in [0.2, 0.25) is 0 Å². The number of nitro groups is 1. The Labute approximate surface area is 160 Å². The molecular weight excluding hydrogens is 360 g/mol. The molecule has 2 amide bonds. The van der Waals surface area contributed by atoms with Gasteiger partial charge in [-0.2, -0.15) is 0 Å². The Hall–Kier alpha value is -4.07. The lowest BCUT2D eigenvalue weighted by molar-refractivity contribution is -0.385. The van der Waals surface area contributed by atoms with Crippen molar-refractivity contribution in [2.75, 3.05) is 10.6 Å². The highest BCUT2D eigenvalue weighted by atomic mass is 16.6. The topological polar surface area (TPSA) is 114 Å². The first-order valence-corrected chi connectivity index (χ1v) is 8.32. The van der Waals surface area contributed by atoms with Gasteiger partial charge in [0.15, 0.2) is 0 Å². The summed E-state index contributed by atoms with van der Waals surface area (Å²) >= 11 is 0. The van der Waals surface area contributed by atoms with E-state index in [4.69, 9.17) is 0 Å². The van der Waals surface area contributed by atoms with E-state index in [1.54, 1.807) is 61.7 Å². The van der Waals surface area contributed by atoms with Crippen LogP contribution in [0.5, 0.6) is 0 Å². The molecule has 0 aliphatic heterocycles. The minimum Gasteiger partial charge on any atom is -0.322 e. The normalized spacial score (nSPS) is 10.2. The van der Waals surface area contributed by atoms with Gasteiger partial charge in [-0.1, -0.05) is 12.1 Å². The molecule has 1 heterocycles. The Morgan fingerprint density at radius 2 is 1.64 bits per heavy atom. The summed E-state index contributed by atoms with van der Waals surface area (Å²) in [5.74, 6) is -0.914. The summed E-state index contributed by atoms with van der Waals surface area (Å²) in [6.07, 6.45) is 3.13. The van der Waals surface area contributed by atoms with Crippen LogP contribution in [0, 0.1) is 17.0 Å². The molecule has 140 valence electrons. The van der Waals surface area contributed by atoms with Gasteiger partial charge in [0, 0.05) is 23.0 Å². The van der Waals surface area contributed by atoms with Crippen molar-refractivity contribution in [1.82, 2.24) is 4.98 Å². The fourth-order valence-corrected chi connectivity index (χ4v) is 2.63. The summed E-state index contributed by atoms with van der Waals surface area (Å²) in [7, 11) is 0. The molecule has 0 aliphatic carbocycles. The molecule has 0 radical (unpaired) electrons. The van der Waals surface area contributed by atoms with Crippen LogP contribution in [0.25, 0.3) is 0 Å². The van der Waals surface area contributed by atoms with E-state index in [1.807, 2.05) is 0 Å². The first-order valence-electron chi connectivity index (χ1n) is 8.32. The third-order valence-electron chi connectivity index (χ3n) is 3.99. The van der Waals surface area contributed by atoms with Crippen LogP contribution in [0.3, 0.4) is 0 Å². The number of nitro benzene ring substituents is 1. The van der Waals surface area contributed by atoms with Gasteiger partial charge in [0.2, 0.25) is 0 Å². The lowest BCUT2D eigenvalue weighted by Crippen LogP contribution is -2.15. The van der Waals surface area contributed by atoms with Gasteiger partial charge in [-0.05, 0) is 49.4 Å². The third-order valence-corrected chi connectivity index (χ3v) is 3.99. The van der Waals surface area contributed by atoms with E-state index in [-0.39, 0.29) is 17.2 Å². The Morgan fingerprint density at radius 3 is 2.29 bits per heavy atom. The van der Waals surface area contributed by atoms with Crippen molar-refractivity contribution in [2.24, 2.45) is 0 Å². The molecule has 3 aromatic rings. The summed E-state index contributed by atoms with van der Waals surface area (Å²) in [4.78, 5) is 39.3. The number of hydrogen-bond acceptors (Lipinski definition) is 5. The van der Waals surface area contributed by atoms with Crippen LogP contribution in [-0.4, -0.2) is 21.7 Å². The van der Waals surface area contributed by atoms with Crippen LogP contribution in [0.15, 0.2) is 67.0 Å². The van der Waals surface area contributed by atoms with E-state index in [9.17, 15) is 19.7 Å². The molecule has 0 unspecified atom stereocenters. The molecule has 1 aromatic heterocycles. The number of para-hydroxylation sites is 1. The van der Waals surface area contributed by atoms with Crippen molar-refractivity contribution >= 4 is 28.9 Å². The molecule has 2 N–H and O–H groups in total. The first-order chi connectivity index (χ1) is 13.5. The van der Waals surface area contributed by atoms with Crippen LogP contribution < -0.4 is 10.6 Å². The van der Waals surface area contributed by atoms with Gasteiger partial charge < -0.3 is 10.6 Å². The van der Waals surface area contributed by atoms with E-state index in [0.29, 0.717) is 22.5 Å². The van der Waals surface area contributed by atoms with Gasteiger partial charge in [-0.25, -0.2) is 0 Å². The number of rotatable bonds is 5. The van der Waals surface area contributed by atoms with Gasteiger partial charge >= 0.3 is 0 Å². The fraction of sp³-hybridized carbons (Fsp3) is 0.0500. The number of carbonyl (C=O) groups excluding carboxylic acids is 2. The minimum atomic E-state index is -0.594. The van der Waals surface area contributed by atoms with Crippen LogP contribution in [0.4, 0.5) is 17.1 Å². The fourth-order valence-electron chi connectivity index (χ4n) is 2.63. The molecule has 28 heavy (non-hydrogen) atoms. The lowest BCUT2D eigenvalue weighted by atomic mass is 10.1. The molecular formula is C20H16N4O4. The number of nitrogens with one attached hydrogen (secondary N) is 2. The number of benzene rings is 2. The standard InChI is InChI=1S/C20H16N4O4/c1-13-4-2-6-17(18(13)24(27)28)20(26)22-15-9-7-14(8-10-15)19(25)23-16-5-3-11-21-12-16/h2-12H,1H3,(H,22,26)(H,23,25). The quantitative estimate of drug-likeness (QED) is 0.519. The molecule has 0 fully saturated rings. The molecule has 0 saturated carbocycles. The Balaban J connectivity index is 1.73. The summed E-state index contributed by atoms with van der Waals surface area (Å²) in [6, 6.07) is 14.2. The summed E-state index contributed by atoms with van der Waals surface area (Å²) < 4.78 is 0. The molecule has 8 heteroatoms. The summed E-state index contributed by atoms with van der Waals surface area (Å²) in [5, 5.41) is 16.6. The Morgan fingerprint density at radius 1 is 0.929 bits per heavy atom. The third kappa shape index (κ3) is 4.18. The Bertz CT molecular complexity index is 1030. The minimum absolute atomic E-state index is 0.0246. The highest BCUT2D eigenvalue weighted by molar-refractivity contribution is 6.08. The predicted molar refractivity (Wildman–Crippen MR) is 104 cm³/mol. The first kappa shape index (κ1) is 18.7. The highest BCUT2D eigenvalue weighted by Crippen LogP contribution is 2.24. The average Bonchev–Trinajstić information content (AvgIpc) is 2.68. The van der Waals surface area contributed by atoms with Gasteiger partial charge in [0.05, 0.1) is 16.8 Å². The number of aromatic nitrogens is 1. The van der Waals surface area contributed by atoms with Crippen molar-refractivity contribution in [3.8, 4) is 0 Å². The number of carbonyl (C=O) groups is 2. The summed E-state index contributed by atoms with van der Waals surface area (Å²) in [6.45, 7) is 1.57. The highest BCUT2D eigenvalue weighted by Gasteiger charge is 2.22. The molecule has 0 atom stereocenters. The van der Waals surface area contributed by atoms with Gasteiger partial charge in [-0.3, -0.25) is 24.7 Å². The van der Waals surface area contributed by atoms with Crippen LogP contribution >= 0.6 is 0 Å². The number of nitrogens with zero attached hydrogens (tertiary/aromatic N) is 2. The number of amides is 2. The zero-order valence-corrected chi connectivity index (χ0v) is 14.9. The van der Waals surface area contributed by atoms with Crippen LogP contribution in [0.1, 0.15) is 26.3 Å². The number of anilines is 2. The molecule has 0 saturated heterocycles. The zero-order valence-electron chi connectivity index (χ0n) is 14.9. The van der Waals surface area contributed by atoms with E-state index >= 15 is 0 Å². The molecule has 2 aromatic carbocycles. The lowest BCUT2D eigenvalue weighted by Gasteiger charge is -2.08. The average molecular weight is 376 g/mol. The maximum atomic E-state index is 12.4.